The fourth-order valence-electron chi connectivity index (χ4n) is 5.66. The van der Waals surface area contributed by atoms with Gasteiger partial charge in [-0.2, -0.15) is 0 Å². The van der Waals surface area contributed by atoms with Crippen molar-refractivity contribution in [3.63, 3.8) is 0 Å². The zero-order valence-electron chi connectivity index (χ0n) is 20.2. The van der Waals surface area contributed by atoms with Crippen LogP contribution >= 0.6 is 0 Å². The van der Waals surface area contributed by atoms with E-state index in [1.807, 2.05) is 6.20 Å². The van der Waals surface area contributed by atoms with Crippen LogP contribution in [0.5, 0.6) is 0 Å². The predicted molar refractivity (Wildman–Crippen MR) is 136 cm³/mol. The minimum Gasteiger partial charge on any atom is -0.460 e. The van der Waals surface area contributed by atoms with Gasteiger partial charge in [0.15, 0.2) is 0 Å². The Morgan fingerprint density at radius 3 is 2.47 bits per heavy atom. The first-order chi connectivity index (χ1) is 15.4. The number of fused-ring (bicyclic) bond motifs is 2. The maximum atomic E-state index is 6.70. The molecule has 0 N–H and O–H groups in total. The number of hydrogen-bond donors (Lipinski definition) is 0. The second-order valence-corrected chi connectivity index (χ2v) is 10.5. The Bertz CT molecular complexity index is 1270. The quantitative estimate of drug-likeness (QED) is 0.319. The molecule has 0 unspecified atom stereocenters. The number of nitrogens with zero attached hydrogens (tertiary/aromatic N) is 1. The number of aromatic nitrogens is 1. The molecule has 1 saturated carbocycles. The Morgan fingerprint density at radius 2 is 1.75 bits per heavy atom. The summed E-state index contributed by atoms with van der Waals surface area (Å²) >= 11 is 0. The molecule has 166 valence electrons. The fraction of sp³-hybridized carbons (Fsp3) is 0.433. The molecule has 0 bridgehead atoms. The van der Waals surface area contributed by atoms with Gasteiger partial charge in [-0.25, -0.2) is 0 Å². The van der Waals surface area contributed by atoms with Crippen LogP contribution in [0.4, 0.5) is 0 Å². The van der Waals surface area contributed by atoms with Gasteiger partial charge in [-0.05, 0) is 72.7 Å². The van der Waals surface area contributed by atoms with Gasteiger partial charge in [0.1, 0.15) is 11.3 Å². The third kappa shape index (κ3) is 3.74. The van der Waals surface area contributed by atoms with Crippen LogP contribution < -0.4 is 0 Å². The molecule has 1 aliphatic rings. The molecule has 0 spiro atoms. The van der Waals surface area contributed by atoms with E-state index in [9.17, 15) is 0 Å². The molecule has 0 saturated heterocycles. The smallest absolute Gasteiger partial charge is 0.144 e. The number of pyridine rings is 1. The van der Waals surface area contributed by atoms with Crippen molar-refractivity contribution < 1.29 is 4.42 Å². The Hall–Kier alpha value is -2.61. The van der Waals surface area contributed by atoms with E-state index < -0.39 is 0 Å². The summed E-state index contributed by atoms with van der Waals surface area (Å²) in [5.74, 6) is 2.84. The molecular formula is C30H35NO. The molecular weight excluding hydrogens is 390 g/mol. The van der Waals surface area contributed by atoms with Crippen LogP contribution in [-0.4, -0.2) is 4.98 Å². The summed E-state index contributed by atoms with van der Waals surface area (Å²) in [6, 6.07) is 13.6. The second-order valence-electron chi connectivity index (χ2n) is 10.5. The lowest BCUT2D eigenvalue weighted by molar-refractivity contribution is 0.507. The van der Waals surface area contributed by atoms with E-state index in [1.54, 1.807) is 0 Å². The van der Waals surface area contributed by atoms with Crippen molar-refractivity contribution in [2.75, 3.05) is 0 Å². The van der Waals surface area contributed by atoms with Crippen LogP contribution in [0.2, 0.25) is 0 Å². The topological polar surface area (TPSA) is 26.0 Å². The van der Waals surface area contributed by atoms with Crippen LogP contribution in [0.1, 0.15) is 87.7 Å². The van der Waals surface area contributed by atoms with E-state index in [1.165, 1.54) is 64.3 Å². The maximum absolute atomic E-state index is 6.70. The molecule has 2 aromatic heterocycles. The van der Waals surface area contributed by atoms with Crippen LogP contribution in [0.25, 0.3) is 33.0 Å². The molecule has 0 aliphatic heterocycles. The summed E-state index contributed by atoms with van der Waals surface area (Å²) in [6.07, 6.45) is 8.28. The predicted octanol–water partition coefficient (Wildman–Crippen LogP) is 8.94. The van der Waals surface area contributed by atoms with Crippen molar-refractivity contribution in [1.29, 1.82) is 0 Å². The van der Waals surface area contributed by atoms with E-state index in [-0.39, 0.29) is 0 Å². The van der Waals surface area contributed by atoms with Gasteiger partial charge in [0.25, 0.3) is 0 Å². The first kappa shape index (κ1) is 21.2. The van der Waals surface area contributed by atoms with Crippen molar-refractivity contribution in [3.8, 4) is 11.3 Å². The number of rotatable bonds is 5. The Balaban J connectivity index is 1.74. The summed E-state index contributed by atoms with van der Waals surface area (Å²) in [7, 11) is 0. The highest BCUT2D eigenvalue weighted by Gasteiger charge is 2.28. The van der Waals surface area contributed by atoms with Gasteiger partial charge in [0, 0.05) is 34.0 Å². The van der Waals surface area contributed by atoms with Crippen molar-refractivity contribution in [1.82, 2.24) is 4.98 Å². The average molecular weight is 426 g/mol. The highest BCUT2D eigenvalue weighted by Crippen LogP contribution is 2.46. The Morgan fingerprint density at radius 1 is 0.969 bits per heavy atom. The lowest BCUT2D eigenvalue weighted by Crippen LogP contribution is -1.98. The second kappa shape index (κ2) is 8.39. The number of hydrogen-bond acceptors (Lipinski definition) is 2. The first-order valence-corrected chi connectivity index (χ1v) is 12.4. The molecule has 32 heavy (non-hydrogen) atoms. The van der Waals surface area contributed by atoms with Gasteiger partial charge >= 0.3 is 0 Å². The molecule has 0 atom stereocenters. The molecule has 2 heteroatoms. The maximum Gasteiger partial charge on any atom is 0.144 e. The minimum absolute atomic E-state index is 0.380. The molecule has 1 aliphatic carbocycles. The minimum atomic E-state index is 0.380. The molecule has 0 amide bonds. The number of aryl methyl sites for hydroxylation is 1. The van der Waals surface area contributed by atoms with Crippen LogP contribution in [0.3, 0.4) is 0 Å². The standard InChI is InChI=1S/C30H35NO/c1-18(2)14-21-10-11-24-23(17-21)12-13-31-28(24)26-16-20(5)15-25-27(22-8-6-7-9-22)29(19(3)4)32-30(25)26/h10-13,15-19,22H,6-9,14H2,1-5H3. The summed E-state index contributed by atoms with van der Waals surface area (Å²) < 4.78 is 6.70. The lowest BCUT2D eigenvalue weighted by Gasteiger charge is -2.13. The summed E-state index contributed by atoms with van der Waals surface area (Å²) in [6.45, 7) is 11.3. The van der Waals surface area contributed by atoms with Crippen LogP contribution in [0.15, 0.2) is 47.0 Å². The summed E-state index contributed by atoms with van der Waals surface area (Å²) in [5.41, 5.74) is 7.33. The first-order valence-electron chi connectivity index (χ1n) is 12.4. The Kier molecular flexibility index (Phi) is 5.57. The SMILES string of the molecule is Cc1cc(-c2nccc3cc(CC(C)C)ccc23)c2oc(C(C)C)c(C3CCCC3)c2c1. The molecule has 2 aromatic carbocycles. The molecule has 0 radical (unpaired) electrons. The third-order valence-electron chi connectivity index (χ3n) is 7.02. The van der Waals surface area contributed by atoms with E-state index in [0.717, 1.165) is 23.3 Å². The largest absolute Gasteiger partial charge is 0.460 e. The normalized spacial score (nSPS) is 15.1. The van der Waals surface area contributed by atoms with Crippen LogP contribution in [0, 0.1) is 12.8 Å². The summed E-state index contributed by atoms with van der Waals surface area (Å²) in [5, 5.41) is 3.78. The fourth-order valence-corrected chi connectivity index (χ4v) is 5.66. The highest BCUT2D eigenvalue weighted by molar-refractivity contribution is 6.03. The van der Waals surface area contributed by atoms with Gasteiger partial charge < -0.3 is 4.42 Å². The highest BCUT2D eigenvalue weighted by atomic mass is 16.3. The van der Waals surface area contributed by atoms with Gasteiger partial charge in [-0.1, -0.05) is 58.7 Å². The molecule has 5 rings (SSSR count). The monoisotopic (exact) mass is 425 g/mol. The van der Waals surface area contributed by atoms with Crippen molar-refractivity contribution in [3.05, 3.63) is 65.0 Å². The van der Waals surface area contributed by atoms with Gasteiger partial charge in [-0.15, -0.1) is 0 Å². The van der Waals surface area contributed by atoms with Crippen LogP contribution in [-0.2, 0) is 6.42 Å². The lowest BCUT2D eigenvalue weighted by atomic mass is 9.89. The van der Waals surface area contributed by atoms with Crippen molar-refractivity contribution >= 4 is 21.7 Å². The van der Waals surface area contributed by atoms with Gasteiger partial charge in [0.2, 0.25) is 0 Å². The third-order valence-corrected chi connectivity index (χ3v) is 7.02. The molecule has 2 nitrogen and oxygen atoms in total. The molecule has 2 heterocycles. The number of furan rings is 1. The van der Waals surface area contributed by atoms with E-state index in [4.69, 9.17) is 9.40 Å². The van der Waals surface area contributed by atoms with E-state index >= 15 is 0 Å². The zero-order chi connectivity index (χ0) is 22.4. The summed E-state index contributed by atoms with van der Waals surface area (Å²) in [4.78, 5) is 4.88. The van der Waals surface area contributed by atoms with E-state index in [0.29, 0.717) is 17.8 Å². The van der Waals surface area contributed by atoms with Crippen molar-refractivity contribution in [2.45, 2.75) is 78.6 Å². The average Bonchev–Trinajstić information content (AvgIpc) is 3.39. The number of benzene rings is 2. The Labute approximate surface area is 192 Å². The molecule has 1 fully saturated rings. The van der Waals surface area contributed by atoms with Gasteiger partial charge in [0.05, 0.1) is 5.69 Å². The van der Waals surface area contributed by atoms with Gasteiger partial charge in [-0.3, -0.25) is 4.98 Å². The zero-order valence-corrected chi connectivity index (χ0v) is 20.2. The molecule has 4 aromatic rings. The van der Waals surface area contributed by atoms with E-state index in [2.05, 4.69) is 71.0 Å². The van der Waals surface area contributed by atoms with Crippen molar-refractivity contribution in [2.24, 2.45) is 5.92 Å².